The van der Waals surface area contributed by atoms with E-state index in [0.29, 0.717) is 57.7 Å². The Labute approximate surface area is 393 Å². The van der Waals surface area contributed by atoms with Crippen molar-refractivity contribution in [2.24, 2.45) is 9.98 Å². The minimum absolute atomic E-state index is 0.0666. The lowest BCUT2D eigenvalue weighted by Gasteiger charge is -2.08. The summed E-state index contributed by atoms with van der Waals surface area (Å²) in [5.74, 6) is -1.50. The van der Waals surface area contributed by atoms with Crippen molar-refractivity contribution in [1.82, 2.24) is 9.13 Å². The molecule has 0 aliphatic rings. The Bertz CT molecular complexity index is 3040. The van der Waals surface area contributed by atoms with Crippen LogP contribution in [0.4, 0.5) is 11.4 Å². The highest BCUT2D eigenvalue weighted by Gasteiger charge is 2.13. The minimum Gasteiger partial charge on any atom is -0.333 e. The van der Waals surface area contributed by atoms with E-state index in [0.717, 1.165) is 11.1 Å². The summed E-state index contributed by atoms with van der Waals surface area (Å²) in [5.41, 5.74) is 5.56. The molecule has 0 bridgehead atoms. The van der Waals surface area contributed by atoms with Gasteiger partial charge in [0.1, 0.15) is 11.0 Å². The highest BCUT2D eigenvalue weighted by atomic mass is 32.2. The number of aryl methyl sites for hydroxylation is 4. The largest absolute Gasteiger partial charge is 0.333 e. The molecule has 5 aromatic carbocycles. The van der Waals surface area contributed by atoms with Crippen molar-refractivity contribution < 1.29 is 45.1 Å². The third-order valence-corrected chi connectivity index (χ3v) is 11.5. The van der Waals surface area contributed by atoms with Gasteiger partial charge in [0.15, 0.2) is 0 Å². The maximum Gasteiger partial charge on any atom is 0.294 e. The third kappa shape index (κ3) is 15.1. The molecule has 2 aromatic heterocycles. The van der Waals surface area contributed by atoms with Gasteiger partial charge in [-0.25, -0.2) is 0 Å². The maximum atomic E-state index is 12.8. The van der Waals surface area contributed by atoms with Crippen molar-refractivity contribution in [1.29, 1.82) is 0 Å². The Morgan fingerprint density at radius 1 is 0.456 bits per heavy atom. The summed E-state index contributed by atoms with van der Waals surface area (Å²) in [7, 11) is -8.04. The fraction of sp³-hybridized carbons (Fsp3) is 0.120. The highest BCUT2D eigenvalue weighted by Crippen LogP contribution is 2.16. The van der Waals surface area contributed by atoms with E-state index in [2.05, 4.69) is 20.6 Å². The standard InChI is InChI=1S/C36H32N6O4.2C7H8O3S/c1-3-41-23-7-5-9-31(41)39-35(45)27-15-19-29(20-16-27)37-33(43)25-11-13-26(14-12-25)34(44)38-30-21-17-28(18-22-30)36(46)40-32-10-6-8-24-42(32)4-2;2*1-6-2-4-7(5-3-6)11(8,9)10/h5-24H,3-4H2,1-2H3,(H,37,43)(H,38,44);2*2-5H,1H3,(H,8,9,10). The van der Waals surface area contributed by atoms with Gasteiger partial charge in [0, 0.05) is 59.1 Å². The molecule has 350 valence electrons. The van der Waals surface area contributed by atoms with Gasteiger partial charge in [0.25, 0.3) is 43.9 Å². The lowest BCUT2D eigenvalue weighted by Crippen LogP contribution is -2.20. The first-order chi connectivity index (χ1) is 32.3. The molecule has 0 atom stereocenters. The van der Waals surface area contributed by atoms with Crippen molar-refractivity contribution in [3.63, 3.8) is 0 Å². The highest BCUT2D eigenvalue weighted by molar-refractivity contribution is 7.86. The van der Waals surface area contributed by atoms with Gasteiger partial charge >= 0.3 is 0 Å². The smallest absolute Gasteiger partial charge is 0.294 e. The number of rotatable bonds is 10. The second-order valence-corrected chi connectivity index (χ2v) is 17.6. The van der Waals surface area contributed by atoms with Crippen LogP contribution in [0.2, 0.25) is 0 Å². The van der Waals surface area contributed by atoms with E-state index >= 15 is 0 Å². The summed E-state index contributed by atoms with van der Waals surface area (Å²) < 4.78 is 62.8. The van der Waals surface area contributed by atoms with Crippen molar-refractivity contribution in [3.05, 3.63) is 214 Å². The Balaban J connectivity index is 0.000000319. The number of carbonyl (C=O) groups excluding carboxylic acids is 4. The van der Waals surface area contributed by atoms with E-state index in [-0.39, 0.29) is 33.4 Å². The van der Waals surface area contributed by atoms with E-state index in [1.165, 1.54) is 24.3 Å². The molecule has 0 saturated carbocycles. The van der Waals surface area contributed by atoms with Crippen LogP contribution in [0, 0.1) is 13.8 Å². The summed E-state index contributed by atoms with van der Waals surface area (Å²) in [6, 6.07) is 42.1. The quantitative estimate of drug-likeness (QED) is 0.0971. The normalized spacial score (nSPS) is 11.6. The van der Waals surface area contributed by atoms with Crippen LogP contribution in [-0.2, 0) is 33.3 Å². The number of amides is 4. The average Bonchev–Trinajstić information content (AvgIpc) is 3.32. The zero-order chi connectivity index (χ0) is 49.4. The molecule has 0 unspecified atom stereocenters. The number of nitrogens with one attached hydrogen (secondary N) is 2. The van der Waals surface area contributed by atoms with Crippen LogP contribution < -0.4 is 21.6 Å². The molecule has 4 N–H and O–H groups in total. The van der Waals surface area contributed by atoms with E-state index in [4.69, 9.17) is 9.11 Å². The van der Waals surface area contributed by atoms with Crippen LogP contribution in [-0.4, -0.2) is 58.7 Å². The minimum atomic E-state index is -4.02. The second kappa shape index (κ2) is 23.5. The topological polar surface area (TPSA) is 236 Å². The average molecular weight is 957 g/mol. The molecular weight excluding hydrogens is 909 g/mol. The predicted octanol–water partition coefficient (Wildman–Crippen LogP) is 7.80. The summed E-state index contributed by atoms with van der Waals surface area (Å²) in [6.07, 6.45) is 3.72. The van der Waals surface area contributed by atoms with Crippen molar-refractivity contribution >= 4 is 55.2 Å². The van der Waals surface area contributed by atoms with Gasteiger partial charge in [-0.15, -0.1) is 0 Å². The molecule has 4 amide bonds. The molecule has 18 heteroatoms. The molecule has 2 heterocycles. The van der Waals surface area contributed by atoms with Crippen LogP contribution in [0.3, 0.4) is 0 Å². The van der Waals surface area contributed by atoms with Crippen LogP contribution in [0.15, 0.2) is 190 Å². The molecule has 7 rings (SSSR count). The maximum absolute atomic E-state index is 12.8. The van der Waals surface area contributed by atoms with Gasteiger partial charge in [0.05, 0.1) is 9.79 Å². The molecule has 0 fully saturated rings. The predicted molar refractivity (Wildman–Crippen MR) is 257 cm³/mol. The molecule has 0 spiro atoms. The van der Waals surface area contributed by atoms with Gasteiger partial charge in [0.2, 0.25) is 0 Å². The van der Waals surface area contributed by atoms with Gasteiger partial charge in [-0.3, -0.25) is 28.3 Å². The Morgan fingerprint density at radius 2 is 0.765 bits per heavy atom. The van der Waals surface area contributed by atoms with Gasteiger partial charge in [-0.2, -0.15) is 26.8 Å². The lowest BCUT2D eigenvalue weighted by atomic mass is 10.1. The molecule has 7 aromatic rings. The number of aromatic nitrogens is 2. The molecule has 68 heavy (non-hydrogen) atoms. The van der Waals surface area contributed by atoms with Crippen molar-refractivity contribution in [2.45, 2.75) is 50.6 Å². The van der Waals surface area contributed by atoms with E-state index in [1.54, 1.807) is 109 Å². The summed E-state index contributed by atoms with van der Waals surface area (Å²) >= 11 is 0. The Morgan fingerprint density at radius 3 is 1.06 bits per heavy atom. The number of anilines is 2. The SMILES string of the molecule is CCn1ccccc1=NC(=O)c1ccc(NC(=O)c2ccc(C(=O)Nc3ccc(C(=O)N=c4ccccn4CC)cc3)cc2)cc1.Cc1ccc(S(=O)(=O)O)cc1.Cc1ccc(S(=O)(=O)O)cc1. The molecular formula is C50H48N6O10S2. The molecule has 0 radical (unpaired) electrons. The van der Waals surface area contributed by atoms with Gasteiger partial charge in [-0.05, 0) is 149 Å². The van der Waals surface area contributed by atoms with Crippen LogP contribution >= 0.6 is 0 Å². The Hall–Kier alpha value is -7.90. The number of nitrogens with zero attached hydrogens (tertiary/aromatic N) is 4. The van der Waals surface area contributed by atoms with E-state index in [1.807, 2.05) is 73.5 Å². The number of pyridine rings is 2. The fourth-order valence-electron chi connectivity index (χ4n) is 6.00. The first kappa shape index (κ1) is 51.1. The zero-order valence-electron chi connectivity index (χ0n) is 37.3. The van der Waals surface area contributed by atoms with Crippen molar-refractivity contribution in [3.8, 4) is 0 Å². The number of hydrogen-bond donors (Lipinski definition) is 4. The van der Waals surface area contributed by atoms with E-state index in [9.17, 15) is 36.0 Å². The summed E-state index contributed by atoms with van der Waals surface area (Å²) in [5, 5.41) is 5.59. The number of benzene rings is 5. The zero-order valence-corrected chi connectivity index (χ0v) is 39.0. The van der Waals surface area contributed by atoms with Gasteiger partial charge < -0.3 is 19.8 Å². The molecule has 16 nitrogen and oxygen atoms in total. The van der Waals surface area contributed by atoms with Crippen LogP contribution in [0.25, 0.3) is 0 Å². The first-order valence-electron chi connectivity index (χ1n) is 20.8. The van der Waals surface area contributed by atoms with Gasteiger partial charge in [-0.1, -0.05) is 47.5 Å². The molecule has 0 saturated heterocycles. The fourth-order valence-corrected chi connectivity index (χ4v) is 6.96. The lowest BCUT2D eigenvalue weighted by molar-refractivity contribution is 0.0989. The van der Waals surface area contributed by atoms with Crippen LogP contribution in [0.1, 0.15) is 66.4 Å². The van der Waals surface area contributed by atoms with Crippen LogP contribution in [0.5, 0.6) is 0 Å². The number of hydrogen-bond acceptors (Lipinski definition) is 8. The monoisotopic (exact) mass is 956 g/mol. The second-order valence-electron chi connectivity index (χ2n) is 14.7. The Kier molecular flexibility index (Phi) is 17.7. The third-order valence-electron chi connectivity index (χ3n) is 9.77. The van der Waals surface area contributed by atoms with E-state index < -0.39 is 20.2 Å². The van der Waals surface area contributed by atoms with Crippen molar-refractivity contribution in [2.75, 3.05) is 10.6 Å². The summed E-state index contributed by atoms with van der Waals surface area (Å²) in [4.78, 5) is 59.2. The molecule has 0 aliphatic carbocycles. The number of carbonyl (C=O) groups is 4. The summed E-state index contributed by atoms with van der Waals surface area (Å²) in [6.45, 7) is 9.00. The molecule has 0 aliphatic heterocycles. The first-order valence-corrected chi connectivity index (χ1v) is 23.7.